The summed E-state index contributed by atoms with van der Waals surface area (Å²) in [6.07, 6.45) is 3.66. The number of pyridine rings is 1. The molecular weight excluding hydrogens is 310 g/mol. The highest BCUT2D eigenvalue weighted by molar-refractivity contribution is 6.30. The third kappa shape index (κ3) is 3.48. The number of carbonyl (C=O) groups excluding carboxylic acids is 1. The van der Waals surface area contributed by atoms with Crippen molar-refractivity contribution >= 4 is 29.0 Å². The van der Waals surface area contributed by atoms with E-state index in [0.717, 1.165) is 25.1 Å². The molecule has 0 saturated heterocycles. The number of amides is 1. The van der Waals surface area contributed by atoms with Crippen LogP contribution in [0.4, 0.5) is 11.5 Å². The van der Waals surface area contributed by atoms with Gasteiger partial charge in [0.25, 0.3) is 0 Å². The van der Waals surface area contributed by atoms with Crippen molar-refractivity contribution in [2.75, 3.05) is 16.8 Å². The molecule has 1 atom stereocenters. The molecule has 2 heterocycles. The highest BCUT2D eigenvalue weighted by Crippen LogP contribution is 2.29. The summed E-state index contributed by atoms with van der Waals surface area (Å²) in [6.45, 7) is 4.92. The smallest absolute Gasteiger partial charge is 0.247 e. The van der Waals surface area contributed by atoms with E-state index in [4.69, 9.17) is 11.6 Å². The van der Waals surface area contributed by atoms with E-state index in [9.17, 15) is 4.79 Å². The van der Waals surface area contributed by atoms with Gasteiger partial charge in [0.15, 0.2) is 0 Å². The lowest BCUT2D eigenvalue weighted by atomic mass is 9.98. The Balaban J connectivity index is 1.77. The third-order valence-corrected chi connectivity index (χ3v) is 4.44. The molecule has 4 nitrogen and oxygen atoms in total. The second-order valence-corrected chi connectivity index (χ2v) is 6.39. The fourth-order valence-corrected chi connectivity index (χ4v) is 3.09. The van der Waals surface area contributed by atoms with E-state index < -0.39 is 0 Å². The van der Waals surface area contributed by atoms with Gasteiger partial charge < -0.3 is 10.2 Å². The minimum Gasteiger partial charge on any atom is -0.360 e. The van der Waals surface area contributed by atoms with Crippen LogP contribution in [-0.4, -0.2) is 23.5 Å². The summed E-state index contributed by atoms with van der Waals surface area (Å²) < 4.78 is 0. The van der Waals surface area contributed by atoms with Gasteiger partial charge in [-0.25, -0.2) is 4.98 Å². The Bertz CT molecular complexity index is 715. The second kappa shape index (κ2) is 6.59. The van der Waals surface area contributed by atoms with Gasteiger partial charge in [-0.1, -0.05) is 29.3 Å². The van der Waals surface area contributed by atoms with Crippen molar-refractivity contribution < 1.29 is 4.79 Å². The van der Waals surface area contributed by atoms with Gasteiger partial charge >= 0.3 is 0 Å². The SMILES string of the molecule is Cc1ccc2c(c1)CCCN2C(C)C(=O)Nc1ccc(Cl)cn1. The Kier molecular flexibility index (Phi) is 4.53. The second-order valence-electron chi connectivity index (χ2n) is 5.96. The van der Waals surface area contributed by atoms with Crippen LogP contribution in [0.15, 0.2) is 36.5 Å². The maximum absolute atomic E-state index is 12.5. The van der Waals surface area contributed by atoms with Gasteiger partial charge in [0.1, 0.15) is 11.9 Å². The van der Waals surface area contributed by atoms with Crippen LogP contribution >= 0.6 is 11.6 Å². The van der Waals surface area contributed by atoms with Gasteiger partial charge in [0.2, 0.25) is 5.91 Å². The normalized spacial score (nSPS) is 15.0. The average Bonchev–Trinajstić information content (AvgIpc) is 2.55. The van der Waals surface area contributed by atoms with Crippen LogP contribution in [0, 0.1) is 6.92 Å². The number of halogens is 1. The standard InChI is InChI=1S/C18H20ClN3O/c1-12-5-7-16-14(10-12)4-3-9-22(16)13(2)18(23)21-17-8-6-15(19)11-20-17/h5-8,10-11,13H,3-4,9H2,1-2H3,(H,20,21,23). The summed E-state index contributed by atoms with van der Waals surface area (Å²) in [5.74, 6) is 0.459. The van der Waals surface area contributed by atoms with Crippen molar-refractivity contribution in [2.45, 2.75) is 32.7 Å². The molecule has 1 aromatic carbocycles. The maximum Gasteiger partial charge on any atom is 0.247 e. The number of carbonyl (C=O) groups is 1. The van der Waals surface area contributed by atoms with E-state index in [2.05, 4.69) is 40.3 Å². The number of aryl methyl sites for hydroxylation is 2. The molecule has 1 aliphatic heterocycles. The lowest BCUT2D eigenvalue weighted by Gasteiger charge is -2.35. The van der Waals surface area contributed by atoms with Gasteiger partial charge in [-0.2, -0.15) is 0 Å². The van der Waals surface area contributed by atoms with Gasteiger partial charge in [0, 0.05) is 18.4 Å². The minimum absolute atomic E-state index is 0.0618. The molecule has 0 radical (unpaired) electrons. The lowest BCUT2D eigenvalue weighted by Crippen LogP contribution is -2.44. The molecule has 1 N–H and O–H groups in total. The van der Waals surface area contributed by atoms with E-state index >= 15 is 0 Å². The summed E-state index contributed by atoms with van der Waals surface area (Å²) in [5.41, 5.74) is 3.74. The fourth-order valence-electron chi connectivity index (χ4n) is 2.98. The first-order valence-electron chi connectivity index (χ1n) is 7.83. The minimum atomic E-state index is -0.255. The van der Waals surface area contributed by atoms with Crippen molar-refractivity contribution in [3.63, 3.8) is 0 Å². The molecule has 1 aliphatic rings. The van der Waals surface area contributed by atoms with Crippen molar-refractivity contribution in [1.29, 1.82) is 0 Å². The van der Waals surface area contributed by atoms with E-state index in [-0.39, 0.29) is 11.9 Å². The van der Waals surface area contributed by atoms with Crippen LogP contribution in [0.1, 0.15) is 24.5 Å². The predicted octanol–water partition coefficient (Wildman–Crippen LogP) is 3.82. The molecule has 5 heteroatoms. The number of hydrogen-bond acceptors (Lipinski definition) is 3. The molecule has 23 heavy (non-hydrogen) atoms. The van der Waals surface area contributed by atoms with Gasteiger partial charge in [-0.05, 0) is 50.5 Å². The van der Waals surface area contributed by atoms with Gasteiger partial charge in [0.05, 0.1) is 5.02 Å². The van der Waals surface area contributed by atoms with E-state index in [1.54, 1.807) is 12.1 Å². The summed E-state index contributed by atoms with van der Waals surface area (Å²) in [5, 5.41) is 3.41. The van der Waals surface area contributed by atoms with Crippen molar-refractivity contribution in [3.05, 3.63) is 52.7 Å². The zero-order chi connectivity index (χ0) is 16.4. The molecule has 0 aliphatic carbocycles. The number of benzene rings is 1. The number of rotatable bonds is 3. The lowest BCUT2D eigenvalue weighted by molar-refractivity contribution is -0.117. The molecule has 1 unspecified atom stereocenters. The van der Waals surface area contributed by atoms with Crippen LogP contribution in [0.3, 0.4) is 0 Å². The van der Waals surface area contributed by atoms with Crippen LogP contribution in [0.5, 0.6) is 0 Å². The molecule has 1 aromatic heterocycles. The molecule has 0 saturated carbocycles. The van der Waals surface area contributed by atoms with Crippen LogP contribution in [0.25, 0.3) is 0 Å². The summed E-state index contributed by atoms with van der Waals surface area (Å²) >= 11 is 5.82. The number of hydrogen-bond donors (Lipinski definition) is 1. The van der Waals surface area contributed by atoms with Gasteiger partial charge in [-0.15, -0.1) is 0 Å². The number of nitrogens with one attached hydrogen (secondary N) is 1. The van der Waals surface area contributed by atoms with Gasteiger partial charge in [-0.3, -0.25) is 4.79 Å². The summed E-state index contributed by atoms with van der Waals surface area (Å²) in [6, 6.07) is 9.60. The third-order valence-electron chi connectivity index (χ3n) is 4.22. The van der Waals surface area contributed by atoms with E-state index in [1.165, 1.54) is 17.3 Å². The Morgan fingerprint density at radius 1 is 1.35 bits per heavy atom. The molecule has 0 bridgehead atoms. The summed E-state index contributed by atoms with van der Waals surface area (Å²) in [4.78, 5) is 18.8. The molecule has 0 fully saturated rings. The van der Waals surface area contributed by atoms with Crippen molar-refractivity contribution in [1.82, 2.24) is 4.98 Å². The monoisotopic (exact) mass is 329 g/mol. The first-order valence-corrected chi connectivity index (χ1v) is 8.21. The van der Waals surface area contributed by atoms with E-state index in [0.29, 0.717) is 10.8 Å². The number of nitrogens with zero attached hydrogens (tertiary/aromatic N) is 2. The van der Waals surface area contributed by atoms with Crippen LogP contribution in [0.2, 0.25) is 5.02 Å². The first kappa shape index (κ1) is 15.8. The Morgan fingerprint density at radius 3 is 2.91 bits per heavy atom. The molecule has 0 spiro atoms. The zero-order valence-electron chi connectivity index (χ0n) is 13.3. The molecule has 120 valence electrons. The molecular formula is C18H20ClN3O. The number of aromatic nitrogens is 1. The Hall–Kier alpha value is -2.07. The Morgan fingerprint density at radius 2 is 2.17 bits per heavy atom. The summed E-state index contributed by atoms with van der Waals surface area (Å²) in [7, 11) is 0. The van der Waals surface area contributed by atoms with Crippen LogP contribution in [-0.2, 0) is 11.2 Å². The number of anilines is 2. The predicted molar refractivity (Wildman–Crippen MR) is 94.2 cm³/mol. The highest BCUT2D eigenvalue weighted by Gasteiger charge is 2.26. The zero-order valence-corrected chi connectivity index (χ0v) is 14.1. The Labute approximate surface area is 141 Å². The highest BCUT2D eigenvalue weighted by atomic mass is 35.5. The van der Waals surface area contributed by atoms with Crippen molar-refractivity contribution in [2.24, 2.45) is 0 Å². The first-order chi connectivity index (χ1) is 11.0. The van der Waals surface area contributed by atoms with Crippen LogP contribution < -0.4 is 10.2 Å². The topological polar surface area (TPSA) is 45.2 Å². The average molecular weight is 330 g/mol. The number of fused-ring (bicyclic) bond motifs is 1. The quantitative estimate of drug-likeness (QED) is 0.931. The molecule has 3 rings (SSSR count). The van der Waals surface area contributed by atoms with E-state index in [1.807, 2.05) is 6.92 Å². The van der Waals surface area contributed by atoms with Crippen molar-refractivity contribution in [3.8, 4) is 0 Å². The maximum atomic E-state index is 12.5. The largest absolute Gasteiger partial charge is 0.360 e. The fraction of sp³-hybridized carbons (Fsp3) is 0.333. The molecule has 2 aromatic rings. The molecule has 1 amide bonds.